The van der Waals surface area contributed by atoms with Crippen molar-refractivity contribution in [3.63, 3.8) is 0 Å². The van der Waals surface area contributed by atoms with Crippen LogP contribution in [0, 0.1) is 6.92 Å². The molecule has 0 radical (unpaired) electrons. The summed E-state index contributed by atoms with van der Waals surface area (Å²) in [6, 6.07) is 13.4. The van der Waals surface area contributed by atoms with Crippen molar-refractivity contribution >= 4 is 5.91 Å². The highest BCUT2D eigenvalue weighted by atomic mass is 16.1. The molecule has 0 aliphatic carbocycles. The average molecular weight is 240 g/mol. The van der Waals surface area contributed by atoms with Crippen LogP contribution in [0.15, 0.2) is 42.5 Å². The zero-order valence-electron chi connectivity index (χ0n) is 10.3. The summed E-state index contributed by atoms with van der Waals surface area (Å²) in [5, 5.41) is 0. The third-order valence-corrected chi connectivity index (χ3v) is 3.04. The highest BCUT2D eigenvalue weighted by Crippen LogP contribution is 2.30. The molecule has 0 aliphatic rings. The van der Waals surface area contributed by atoms with Crippen LogP contribution in [0.25, 0.3) is 11.1 Å². The maximum Gasteiger partial charge on any atom is 0.249 e. The van der Waals surface area contributed by atoms with Crippen molar-refractivity contribution in [3.05, 3.63) is 59.2 Å². The summed E-state index contributed by atoms with van der Waals surface area (Å²) in [4.78, 5) is 11.5. The van der Waals surface area contributed by atoms with E-state index in [9.17, 15) is 4.79 Å². The summed E-state index contributed by atoms with van der Waals surface area (Å²) in [5.74, 6) is -0.416. The van der Waals surface area contributed by atoms with E-state index in [1.54, 1.807) is 6.07 Å². The van der Waals surface area contributed by atoms with Crippen LogP contribution >= 0.6 is 0 Å². The lowest BCUT2D eigenvalue weighted by Gasteiger charge is -2.14. The number of nitrogens with two attached hydrogens (primary N) is 2. The molecule has 4 N–H and O–H groups in total. The first-order valence-corrected chi connectivity index (χ1v) is 5.83. The molecule has 0 atom stereocenters. The summed E-state index contributed by atoms with van der Waals surface area (Å²) in [7, 11) is 0. The third kappa shape index (κ3) is 2.13. The number of benzene rings is 2. The Morgan fingerprint density at radius 2 is 1.83 bits per heavy atom. The minimum atomic E-state index is -0.416. The molecule has 2 aromatic carbocycles. The van der Waals surface area contributed by atoms with Crippen LogP contribution in [-0.4, -0.2) is 5.91 Å². The molecule has 0 fully saturated rings. The molecule has 3 heteroatoms. The standard InChI is InChI=1S/C15H16N2O/c1-10-5-4-8-13(15(17)18)14(10)12-7-3-2-6-11(12)9-16/h2-8H,9,16H2,1H3,(H2,17,18). The summed E-state index contributed by atoms with van der Waals surface area (Å²) < 4.78 is 0. The zero-order chi connectivity index (χ0) is 13.1. The lowest BCUT2D eigenvalue weighted by atomic mass is 9.91. The second-order valence-electron chi connectivity index (χ2n) is 4.22. The number of aryl methyl sites for hydroxylation is 1. The van der Waals surface area contributed by atoms with E-state index in [2.05, 4.69) is 0 Å². The number of primary amides is 1. The molecule has 3 nitrogen and oxygen atoms in total. The Kier molecular flexibility index (Phi) is 3.44. The summed E-state index contributed by atoms with van der Waals surface area (Å²) in [5.41, 5.74) is 15.6. The van der Waals surface area contributed by atoms with E-state index in [1.165, 1.54) is 0 Å². The summed E-state index contributed by atoms with van der Waals surface area (Å²) in [6.07, 6.45) is 0. The number of carbonyl (C=O) groups excluding carboxylic acids is 1. The lowest BCUT2D eigenvalue weighted by molar-refractivity contribution is 0.100. The fourth-order valence-electron chi connectivity index (χ4n) is 2.17. The molecule has 0 aromatic heterocycles. The van der Waals surface area contributed by atoms with Crippen LogP contribution in [-0.2, 0) is 6.54 Å². The van der Waals surface area contributed by atoms with Crippen LogP contribution in [0.5, 0.6) is 0 Å². The van der Waals surface area contributed by atoms with Crippen LogP contribution in [0.3, 0.4) is 0 Å². The maximum absolute atomic E-state index is 11.5. The molecule has 0 saturated heterocycles. The van der Waals surface area contributed by atoms with Gasteiger partial charge in [0.2, 0.25) is 5.91 Å². The van der Waals surface area contributed by atoms with Gasteiger partial charge in [-0.3, -0.25) is 4.79 Å². The number of hydrogen-bond donors (Lipinski definition) is 2. The van der Waals surface area contributed by atoms with E-state index < -0.39 is 5.91 Å². The van der Waals surface area contributed by atoms with Gasteiger partial charge in [0, 0.05) is 12.1 Å². The normalized spacial score (nSPS) is 10.3. The molecule has 0 saturated carbocycles. The predicted octanol–water partition coefficient (Wildman–Crippen LogP) is 2.22. The van der Waals surface area contributed by atoms with Gasteiger partial charge < -0.3 is 11.5 Å². The molecule has 92 valence electrons. The minimum Gasteiger partial charge on any atom is -0.366 e. The molecule has 0 heterocycles. The molecule has 0 unspecified atom stereocenters. The Bertz CT molecular complexity index is 591. The molecule has 0 bridgehead atoms. The van der Waals surface area contributed by atoms with Crippen molar-refractivity contribution in [2.75, 3.05) is 0 Å². The van der Waals surface area contributed by atoms with Crippen LogP contribution in [0.1, 0.15) is 21.5 Å². The fourth-order valence-corrected chi connectivity index (χ4v) is 2.17. The lowest BCUT2D eigenvalue weighted by Crippen LogP contribution is -2.13. The van der Waals surface area contributed by atoms with E-state index in [1.807, 2.05) is 43.3 Å². The van der Waals surface area contributed by atoms with Crippen molar-refractivity contribution in [1.82, 2.24) is 0 Å². The number of hydrogen-bond acceptors (Lipinski definition) is 2. The van der Waals surface area contributed by atoms with Gasteiger partial charge in [-0.2, -0.15) is 0 Å². The summed E-state index contributed by atoms with van der Waals surface area (Å²) >= 11 is 0. The Morgan fingerprint density at radius 1 is 1.11 bits per heavy atom. The van der Waals surface area contributed by atoms with Crippen molar-refractivity contribution in [2.45, 2.75) is 13.5 Å². The number of carbonyl (C=O) groups is 1. The molecule has 18 heavy (non-hydrogen) atoms. The second kappa shape index (κ2) is 5.02. The van der Waals surface area contributed by atoms with Gasteiger partial charge in [0.1, 0.15) is 0 Å². The van der Waals surface area contributed by atoms with E-state index in [0.717, 1.165) is 22.3 Å². The van der Waals surface area contributed by atoms with Crippen molar-refractivity contribution in [2.24, 2.45) is 11.5 Å². The Balaban J connectivity index is 2.74. The third-order valence-electron chi connectivity index (χ3n) is 3.04. The Hall–Kier alpha value is -2.13. The molecular weight excluding hydrogens is 224 g/mol. The molecule has 1 amide bonds. The average Bonchev–Trinajstić information content (AvgIpc) is 2.38. The molecule has 2 rings (SSSR count). The highest BCUT2D eigenvalue weighted by molar-refractivity contribution is 6.01. The number of rotatable bonds is 3. The second-order valence-corrected chi connectivity index (χ2v) is 4.22. The van der Waals surface area contributed by atoms with E-state index in [-0.39, 0.29) is 0 Å². The number of amides is 1. The predicted molar refractivity (Wildman–Crippen MR) is 73.0 cm³/mol. The Labute approximate surface area is 106 Å². The molecular formula is C15H16N2O. The first-order valence-electron chi connectivity index (χ1n) is 5.83. The smallest absolute Gasteiger partial charge is 0.249 e. The molecule has 0 spiro atoms. The van der Waals surface area contributed by atoms with Crippen molar-refractivity contribution < 1.29 is 4.79 Å². The van der Waals surface area contributed by atoms with Gasteiger partial charge in [-0.15, -0.1) is 0 Å². The Morgan fingerprint density at radius 3 is 2.50 bits per heavy atom. The first kappa shape index (κ1) is 12.3. The largest absolute Gasteiger partial charge is 0.366 e. The van der Waals surface area contributed by atoms with E-state index >= 15 is 0 Å². The van der Waals surface area contributed by atoms with Gasteiger partial charge in [0.15, 0.2) is 0 Å². The van der Waals surface area contributed by atoms with Gasteiger partial charge in [-0.1, -0.05) is 36.4 Å². The van der Waals surface area contributed by atoms with Gasteiger partial charge in [-0.05, 0) is 35.2 Å². The molecule has 2 aromatic rings. The van der Waals surface area contributed by atoms with Gasteiger partial charge >= 0.3 is 0 Å². The first-order chi connectivity index (χ1) is 8.65. The topological polar surface area (TPSA) is 69.1 Å². The zero-order valence-corrected chi connectivity index (χ0v) is 10.3. The van der Waals surface area contributed by atoms with Gasteiger partial charge in [-0.25, -0.2) is 0 Å². The minimum absolute atomic E-state index is 0.416. The maximum atomic E-state index is 11.5. The summed E-state index contributed by atoms with van der Waals surface area (Å²) in [6.45, 7) is 2.40. The molecule has 0 aliphatic heterocycles. The van der Waals surface area contributed by atoms with E-state index in [4.69, 9.17) is 11.5 Å². The van der Waals surface area contributed by atoms with Crippen LogP contribution in [0.4, 0.5) is 0 Å². The monoisotopic (exact) mass is 240 g/mol. The van der Waals surface area contributed by atoms with Gasteiger partial charge in [0.25, 0.3) is 0 Å². The van der Waals surface area contributed by atoms with Gasteiger partial charge in [0.05, 0.1) is 0 Å². The van der Waals surface area contributed by atoms with Crippen molar-refractivity contribution in [3.8, 4) is 11.1 Å². The van der Waals surface area contributed by atoms with E-state index in [0.29, 0.717) is 12.1 Å². The highest BCUT2D eigenvalue weighted by Gasteiger charge is 2.14. The van der Waals surface area contributed by atoms with Crippen LogP contribution in [0.2, 0.25) is 0 Å². The van der Waals surface area contributed by atoms with Crippen molar-refractivity contribution in [1.29, 1.82) is 0 Å². The SMILES string of the molecule is Cc1cccc(C(N)=O)c1-c1ccccc1CN. The quantitative estimate of drug-likeness (QED) is 0.863. The van der Waals surface area contributed by atoms with Crippen LogP contribution < -0.4 is 11.5 Å². The fraction of sp³-hybridized carbons (Fsp3) is 0.133.